The zero-order valence-electron chi connectivity index (χ0n) is 16.2. The number of nitrogens with zero attached hydrogens (tertiary/aromatic N) is 2. The molecule has 2 fully saturated rings. The van der Waals surface area contributed by atoms with Crippen molar-refractivity contribution >= 4 is 34.8 Å². The number of carbonyl (C=O) groups is 2. The molecule has 0 saturated carbocycles. The number of benzene rings is 3. The Morgan fingerprint density at radius 1 is 0.833 bits per heavy atom. The standard InChI is InChI=1S/C24H19ClN2O3/c1-15-10-12-16(13-11-15)21-20-22(30-27(21)18-7-3-2-4-8-18)24(29)26(23(20)28)19-9-5-6-17(25)14-19/h2-14,20-22H,1H3/t20-,21+,22-/m0/s1. The Labute approximate surface area is 179 Å². The number of amides is 2. The third-order valence-corrected chi connectivity index (χ3v) is 5.85. The van der Waals surface area contributed by atoms with Gasteiger partial charge >= 0.3 is 0 Å². The molecule has 30 heavy (non-hydrogen) atoms. The third kappa shape index (κ3) is 2.98. The van der Waals surface area contributed by atoms with Crippen LogP contribution in [-0.2, 0) is 14.4 Å². The molecule has 0 radical (unpaired) electrons. The molecule has 2 aliphatic heterocycles. The smallest absolute Gasteiger partial charge is 0.266 e. The second-order valence-corrected chi connectivity index (χ2v) is 8.00. The number of hydroxylamine groups is 1. The number of imide groups is 1. The molecule has 2 amide bonds. The van der Waals surface area contributed by atoms with Gasteiger partial charge in [0.2, 0.25) is 5.91 Å². The molecule has 5 rings (SSSR count). The molecular formula is C24H19ClN2O3. The number of halogens is 1. The van der Waals surface area contributed by atoms with E-state index in [1.807, 2.05) is 61.5 Å². The first kappa shape index (κ1) is 18.9. The maximum atomic E-state index is 13.5. The molecule has 0 spiro atoms. The van der Waals surface area contributed by atoms with E-state index in [0.29, 0.717) is 10.7 Å². The maximum absolute atomic E-state index is 13.5. The van der Waals surface area contributed by atoms with Crippen molar-refractivity contribution in [2.45, 2.75) is 19.1 Å². The van der Waals surface area contributed by atoms with Gasteiger partial charge in [0.15, 0.2) is 6.10 Å². The van der Waals surface area contributed by atoms with Gasteiger partial charge in [-0.1, -0.05) is 65.7 Å². The van der Waals surface area contributed by atoms with Crippen molar-refractivity contribution in [3.8, 4) is 0 Å². The first-order valence-electron chi connectivity index (χ1n) is 9.75. The first-order valence-corrected chi connectivity index (χ1v) is 10.1. The molecule has 3 aromatic rings. The quantitative estimate of drug-likeness (QED) is 0.578. The molecular weight excluding hydrogens is 400 g/mol. The van der Waals surface area contributed by atoms with Crippen LogP contribution in [-0.4, -0.2) is 17.9 Å². The van der Waals surface area contributed by atoms with Gasteiger partial charge in [-0.3, -0.25) is 14.4 Å². The van der Waals surface area contributed by atoms with Crippen LogP contribution in [0.1, 0.15) is 17.2 Å². The lowest BCUT2D eigenvalue weighted by atomic mass is 9.90. The minimum atomic E-state index is -0.886. The third-order valence-electron chi connectivity index (χ3n) is 5.61. The van der Waals surface area contributed by atoms with Crippen LogP contribution in [0.3, 0.4) is 0 Å². The average Bonchev–Trinajstić information content (AvgIpc) is 3.26. The molecule has 0 aromatic heterocycles. The fourth-order valence-corrected chi connectivity index (χ4v) is 4.37. The molecule has 2 aliphatic rings. The summed E-state index contributed by atoms with van der Waals surface area (Å²) in [5.74, 6) is -1.31. The number of carbonyl (C=O) groups excluding carboxylic acids is 2. The summed E-state index contributed by atoms with van der Waals surface area (Å²) in [7, 11) is 0. The monoisotopic (exact) mass is 418 g/mol. The van der Waals surface area contributed by atoms with Gasteiger partial charge in [-0.05, 0) is 42.8 Å². The highest BCUT2D eigenvalue weighted by molar-refractivity contribution is 6.31. The van der Waals surface area contributed by atoms with Crippen molar-refractivity contribution in [2.24, 2.45) is 5.92 Å². The van der Waals surface area contributed by atoms with Crippen LogP contribution < -0.4 is 9.96 Å². The SMILES string of the molecule is Cc1ccc([C@@H]2[C@@H]3C(=O)N(c4cccc(Cl)c4)C(=O)[C@H]3ON2c2ccccc2)cc1. The van der Waals surface area contributed by atoms with Crippen LogP contribution in [0.4, 0.5) is 11.4 Å². The van der Waals surface area contributed by atoms with E-state index in [0.717, 1.165) is 16.8 Å². The normalized spacial score (nSPS) is 23.2. The minimum absolute atomic E-state index is 0.281. The molecule has 0 N–H and O–H groups in total. The Morgan fingerprint density at radius 3 is 2.23 bits per heavy atom. The van der Waals surface area contributed by atoms with Gasteiger partial charge in [0.05, 0.1) is 17.4 Å². The second-order valence-electron chi connectivity index (χ2n) is 7.56. The van der Waals surface area contributed by atoms with E-state index in [1.54, 1.807) is 29.3 Å². The number of aryl methyl sites for hydroxylation is 1. The summed E-state index contributed by atoms with van der Waals surface area (Å²) in [6.07, 6.45) is -0.886. The van der Waals surface area contributed by atoms with Crippen molar-refractivity contribution in [3.63, 3.8) is 0 Å². The van der Waals surface area contributed by atoms with Gasteiger partial charge in [0, 0.05) is 5.02 Å². The molecule has 6 heteroatoms. The summed E-state index contributed by atoms with van der Waals surface area (Å²) < 4.78 is 0. The van der Waals surface area contributed by atoms with E-state index < -0.39 is 18.1 Å². The highest BCUT2D eigenvalue weighted by Crippen LogP contribution is 2.47. The average molecular weight is 419 g/mol. The van der Waals surface area contributed by atoms with E-state index in [1.165, 1.54) is 4.90 Å². The van der Waals surface area contributed by atoms with Crippen LogP contribution in [0, 0.1) is 12.8 Å². The molecule has 2 saturated heterocycles. The molecule has 5 nitrogen and oxygen atoms in total. The molecule has 2 heterocycles. The topological polar surface area (TPSA) is 49.9 Å². The van der Waals surface area contributed by atoms with Gasteiger partial charge in [0.25, 0.3) is 5.91 Å². The van der Waals surface area contributed by atoms with Crippen molar-refractivity contribution in [1.82, 2.24) is 0 Å². The number of hydrogen-bond acceptors (Lipinski definition) is 4. The van der Waals surface area contributed by atoms with Gasteiger partial charge in [-0.2, -0.15) is 0 Å². The summed E-state index contributed by atoms with van der Waals surface area (Å²) in [4.78, 5) is 34.0. The fourth-order valence-electron chi connectivity index (χ4n) is 4.19. The van der Waals surface area contributed by atoms with Crippen LogP contribution >= 0.6 is 11.6 Å². The lowest BCUT2D eigenvalue weighted by molar-refractivity contribution is -0.126. The van der Waals surface area contributed by atoms with Gasteiger partial charge < -0.3 is 0 Å². The summed E-state index contributed by atoms with van der Waals surface area (Å²) >= 11 is 6.09. The van der Waals surface area contributed by atoms with E-state index in [9.17, 15) is 9.59 Å². The Kier molecular flexibility index (Phi) is 4.57. The highest BCUT2D eigenvalue weighted by atomic mass is 35.5. The van der Waals surface area contributed by atoms with Crippen molar-refractivity contribution in [2.75, 3.05) is 9.96 Å². The summed E-state index contributed by atoms with van der Waals surface area (Å²) in [6, 6.07) is 23.9. The van der Waals surface area contributed by atoms with Crippen LogP contribution in [0.5, 0.6) is 0 Å². The number of hydrogen-bond donors (Lipinski definition) is 0. The van der Waals surface area contributed by atoms with Crippen LogP contribution in [0.2, 0.25) is 5.02 Å². The zero-order valence-corrected chi connectivity index (χ0v) is 17.0. The lowest BCUT2D eigenvalue weighted by Gasteiger charge is -2.28. The van der Waals surface area contributed by atoms with E-state index in [-0.39, 0.29) is 11.8 Å². The summed E-state index contributed by atoms with van der Waals surface area (Å²) in [5, 5.41) is 2.16. The number of fused-ring (bicyclic) bond motifs is 1. The minimum Gasteiger partial charge on any atom is -0.273 e. The van der Waals surface area contributed by atoms with Crippen LogP contribution in [0.15, 0.2) is 78.9 Å². The molecule has 0 bridgehead atoms. The predicted molar refractivity (Wildman–Crippen MR) is 115 cm³/mol. The first-order chi connectivity index (χ1) is 14.5. The Morgan fingerprint density at radius 2 is 1.53 bits per heavy atom. The van der Waals surface area contributed by atoms with Crippen molar-refractivity contribution < 1.29 is 14.4 Å². The highest BCUT2D eigenvalue weighted by Gasteiger charge is 2.60. The largest absolute Gasteiger partial charge is 0.273 e. The van der Waals surface area contributed by atoms with Gasteiger partial charge in [0.1, 0.15) is 5.92 Å². The number of para-hydroxylation sites is 1. The Hall–Kier alpha value is -3.15. The number of anilines is 2. The lowest BCUT2D eigenvalue weighted by Crippen LogP contribution is -2.37. The maximum Gasteiger partial charge on any atom is 0.266 e. The molecule has 3 aromatic carbocycles. The molecule has 150 valence electrons. The number of rotatable bonds is 3. The van der Waals surface area contributed by atoms with E-state index in [2.05, 4.69) is 0 Å². The molecule has 0 aliphatic carbocycles. The summed E-state index contributed by atoms with van der Waals surface area (Å²) in [5.41, 5.74) is 3.30. The fraction of sp³-hybridized carbons (Fsp3) is 0.167. The van der Waals surface area contributed by atoms with Crippen molar-refractivity contribution in [1.29, 1.82) is 0 Å². The zero-order chi connectivity index (χ0) is 20.8. The van der Waals surface area contributed by atoms with E-state index >= 15 is 0 Å². The van der Waals surface area contributed by atoms with Gasteiger partial charge in [-0.15, -0.1) is 0 Å². The van der Waals surface area contributed by atoms with E-state index in [4.69, 9.17) is 16.4 Å². The molecule has 3 atom stereocenters. The van der Waals surface area contributed by atoms with Gasteiger partial charge in [-0.25, -0.2) is 9.96 Å². The summed E-state index contributed by atoms with van der Waals surface area (Å²) in [6.45, 7) is 2.01. The molecule has 0 unspecified atom stereocenters. The van der Waals surface area contributed by atoms with Crippen LogP contribution in [0.25, 0.3) is 0 Å². The Bertz CT molecular complexity index is 1120. The second kappa shape index (κ2) is 7.27. The van der Waals surface area contributed by atoms with Crippen molar-refractivity contribution in [3.05, 3.63) is 95.0 Å². The Balaban J connectivity index is 1.59. The predicted octanol–water partition coefficient (Wildman–Crippen LogP) is 4.70.